The second-order valence-electron chi connectivity index (χ2n) is 5.00. The van der Waals surface area contributed by atoms with Gasteiger partial charge in [0.25, 0.3) is 5.91 Å². The Morgan fingerprint density at radius 2 is 2.00 bits per heavy atom. The first-order valence-electron chi connectivity index (χ1n) is 6.73. The fraction of sp³-hybridized carbons (Fsp3) is 0.125. The maximum atomic E-state index is 13.2. The van der Waals surface area contributed by atoms with Crippen molar-refractivity contribution >= 4 is 16.9 Å². The molecule has 1 unspecified atom stereocenters. The van der Waals surface area contributed by atoms with Crippen molar-refractivity contribution in [2.24, 2.45) is 0 Å². The molecule has 0 aliphatic heterocycles. The highest BCUT2D eigenvalue weighted by Crippen LogP contribution is 2.17. The molecule has 0 aliphatic carbocycles. The van der Waals surface area contributed by atoms with Crippen LogP contribution in [0.5, 0.6) is 0 Å². The number of benzene rings is 2. The molecular weight excluding hydrogens is 288 g/mol. The van der Waals surface area contributed by atoms with Crippen molar-refractivity contribution in [2.45, 2.75) is 13.0 Å². The first-order chi connectivity index (χ1) is 10.5. The van der Waals surface area contributed by atoms with Crippen molar-refractivity contribution in [3.05, 3.63) is 65.5 Å². The number of halogens is 2. The van der Waals surface area contributed by atoms with Crippen LogP contribution in [0.1, 0.15) is 28.9 Å². The van der Waals surface area contributed by atoms with Gasteiger partial charge in [-0.15, -0.1) is 0 Å². The second-order valence-corrected chi connectivity index (χ2v) is 5.00. The molecule has 0 spiro atoms. The topological polar surface area (TPSA) is 57.8 Å². The van der Waals surface area contributed by atoms with Gasteiger partial charge in [0, 0.05) is 5.56 Å². The zero-order valence-electron chi connectivity index (χ0n) is 11.7. The Labute approximate surface area is 125 Å². The van der Waals surface area contributed by atoms with Gasteiger partial charge in [-0.1, -0.05) is 6.07 Å². The average Bonchev–Trinajstić information content (AvgIpc) is 2.97. The molecule has 1 aromatic heterocycles. The minimum atomic E-state index is -0.933. The summed E-state index contributed by atoms with van der Waals surface area (Å²) in [5.74, 6) is -2.14. The number of fused-ring (bicyclic) bond motifs is 1. The molecule has 6 heteroatoms. The number of carbonyl (C=O) groups is 1. The van der Waals surface area contributed by atoms with Crippen molar-refractivity contribution in [1.29, 1.82) is 0 Å². The van der Waals surface area contributed by atoms with Gasteiger partial charge >= 0.3 is 0 Å². The van der Waals surface area contributed by atoms with Crippen LogP contribution in [0.25, 0.3) is 11.0 Å². The molecule has 1 atom stereocenters. The Morgan fingerprint density at radius 1 is 1.18 bits per heavy atom. The highest BCUT2D eigenvalue weighted by Gasteiger charge is 2.14. The highest BCUT2D eigenvalue weighted by atomic mass is 19.2. The van der Waals surface area contributed by atoms with Crippen molar-refractivity contribution in [3.63, 3.8) is 0 Å². The van der Waals surface area contributed by atoms with Crippen LogP contribution >= 0.6 is 0 Å². The molecule has 3 rings (SSSR count). The number of aromatic amines is 1. The normalized spacial score (nSPS) is 12.3. The Kier molecular flexibility index (Phi) is 3.58. The molecule has 22 heavy (non-hydrogen) atoms. The maximum absolute atomic E-state index is 13.2. The number of imidazole rings is 1. The van der Waals surface area contributed by atoms with Gasteiger partial charge in [0.1, 0.15) is 0 Å². The Bertz CT molecular complexity index is 844. The van der Waals surface area contributed by atoms with Gasteiger partial charge in [-0.2, -0.15) is 0 Å². The summed E-state index contributed by atoms with van der Waals surface area (Å²) in [6.45, 7) is 1.71. The lowest BCUT2D eigenvalue weighted by Crippen LogP contribution is -2.26. The Balaban J connectivity index is 1.78. The number of nitrogens with one attached hydrogen (secondary N) is 2. The summed E-state index contributed by atoms with van der Waals surface area (Å²) >= 11 is 0. The number of H-pyrrole nitrogens is 1. The summed E-state index contributed by atoms with van der Waals surface area (Å²) < 4.78 is 26.2. The number of rotatable bonds is 3. The molecule has 3 aromatic rings. The van der Waals surface area contributed by atoms with Crippen molar-refractivity contribution in [3.8, 4) is 0 Å². The van der Waals surface area contributed by atoms with Crippen LogP contribution < -0.4 is 5.32 Å². The van der Waals surface area contributed by atoms with Gasteiger partial charge < -0.3 is 10.3 Å². The summed E-state index contributed by atoms with van der Waals surface area (Å²) in [5.41, 5.74) is 2.49. The van der Waals surface area contributed by atoms with Crippen molar-refractivity contribution < 1.29 is 13.6 Å². The third kappa shape index (κ3) is 2.67. The summed E-state index contributed by atoms with van der Waals surface area (Å²) in [7, 11) is 0. The van der Waals surface area contributed by atoms with E-state index in [4.69, 9.17) is 0 Å². The van der Waals surface area contributed by atoms with E-state index in [9.17, 15) is 13.6 Å². The number of nitrogens with zero attached hydrogens (tertiary/aromatic N) is 1. The Morgan fingerprint density at radius 3 is 2.77 bits per heavy atom. The zero-order chi connectivity index (χ0) is 15.7. The van der Waals surface area contributed by atoms with E-state index in [-0.39, 0.29) is 5.91 Å². The minimum absolute atomic E-state index is 0.297. The lowest BCUT2D eigenvalue weighted by Gasteiger charge is -2.14. The molecule has 4 nitrogen and oxygen atoms in total. The van der Waals surface area contributed by atoms with E-state index in [1.54, 1.807) is 31.5 Å². The van der Waals surface area contributed by atoms with Gasteiger partial charge in [-0.05, 0) is 42.8 Å². The van der Waals surface area contributed by atoms with Crippen LogP contribution in [0.3, 0.4) is 0 Å². The van der Waals surface area contributed by atoms with Gasteiger partial charge in [0.2, 0.25) is 0 Å². The summed E-state index contributed by atoms with van der Waals surface area (Å²) in [6, 6.07) is 8.22. The molecule has 2 N–H and O–H groups in total. The molecule has 0 saturated heterocycles. The van der Waals surface area contributed by atoms with Crippen LogP contribution in [-0.4, -0.2) is 15.9 Å². The first kappa shape index (κ1) is 14.2. The predicted molar refractivity (Wildman–Crippen MR) is 78.3 cm³/mol. The van der Waals surface area contributed by atoms with Gasteiger partial charge in [0.15, 0.2) is 11.6 Å². The van der Waals surface area contributed by atoms with Gasteiger partial charge in [-0.3, -0.25) is 4.79 Å². The van der Waals surface area contributed by atoms with Crippen molar-refractivity contribution in [2.75, 3.05) is 0 Å². The summed E-state index contributed by atoms with van der Waals surface area (Å²) in [4.78, 5) is 19.2. The smallest absolute Gasteiger partial charge is 0.251 e. The monoisotopic (exact) mass is 301 g/mol. The lowest BCUT2D eigenvalue weighted by atomic mass is 10.1. The third-order valence-electron chi connectivity index (χ3n) is 3.47. The van der Waals surface area contributed by atoms with Gasteiger partial charge in [0.05, 0.1) is 23.4 Å². The minimum Gasteiger partial charge on any atom is -0.346 e. The standard InChI is InChI=1S/C16H13F2N3O/c1-9(10-2-4-12(17)13(18)6-10)21-16(22)11-3-5-14-15(7-11)20-8-19-14/h2-9H,1H3,(H,19,20)(H,21,22). The quantitative estimate of drug-likeness (QED) is 0.779. The Hall–Kier alpha value is -2.76. The molecule has 0 aliphatic rings. The van der Waals surface area contributed by atoms with Crippen LogP contribution in [0.2, 0.25) is 0 Å². The molecule has 2 aromatic carbocycles. The molecule has 1 amide bonds. The largest absolute Gasteiger partial charge is 0.346 e. The average molecular weight is 301 g/mol. The van der Waals surface area contributed by atoms with Crippen LogP contribution in [0, 0.1) is 11.6 Å². The van der Waals surface area contributed by atoms with E-state index in [0.29, 0.717) is 11.1 Å². The van der Waals surface area contributed by atoms with E-state index in [1.165, 1.54) is 6.07 Å². The van der Waals surface area contributed by atoms with E-state index in [0.717, 1.165) is 23.2 Å². The van der Waals surface area contributed by atoms with E-state index in [2.05, 4.69) is 15.3 Å². The second kappa shape index (κ2) is 5.55. The number of hydrogen-bond acceptors (Lipinski definition) is 2. The van der Waals surface area contributed by atoms with Crippen molar-refractivity contribution in [1.82, 2.24) is 15.3 Å². The predicted octanol–water partition coefficient (Wildman–Crippen LogP) is 3.33. The number of amides is 1. The molecule has 0 radical (unpaired) electrons. The fourth-order valence-corrected chi connectivity index (χ4v) is 2.22. The van der Waals surface area contributed by atoms with E-state index >= 15 is 0 Å². The first-order valence-corrected chi connectivity index (χ1v) is 6.73. The third-order valence-corrected chi connectivity index (χ3v) is 3.47. The summed E-state index contributed by atoms with van der Waals surface area (Å²) in [6.07, 6.45) is 1.55. The molecule has 1 heterocycles. The molecule has 0 fully saturated rings. The van der Waals surface area contributed by atoms with Crippen LogP contribution in [0.4, 0.5) is 8.78 Å². The van der Waals surface area contributed by atoms with Crippen LogP contribution in [0.15, 0.2) is 42.7 Å². The number of hydrogen-bond donors (Lipinski definition) is 2. The SMILES string of the molecule is CC(NC(=O)c1ccc2nc[nH]c2c1)c1ccc(F)c(F)c1. The molecule has 0 bridgehead atoms. The molecule has 0 saturated carbocycles. The number of aromatic nitrogens is 2. The highest BCUT2D eigenvalue weighted by molar-refractivity contribution is 5.97. The van der Waals surface area contributed by atoms with Gasteiger partial charge in [-0.25, -0.2) is 13.8 Å². The fourth-order valence-electron chi connectivity index (χ4n) is 2.22. The maximum Gasteiger partial charge on any atom is 0.251 e. The zero-order valence-corrected chi connectivity index (χ0v) is 11.7. The molecule has 112 valence electrons. The number of carbonyl (C=O) groups excluding carboxylic acids is 1. The van der Waals surface area contributed by atoms with E-state index < -0.39 is 17.7 Å². The summed E-state index contributed by atoms with van der Waals surface area (Å²) in [5, 5.41) is 2.75. The molecular formula is C16H13F2N3O. The lowest BCUT2D eigenvalue weighted by molar-refractivity contribution is 0.0940. The van der Waals surface area contributed by atoms with E-state index in [1.807, 2.05) is 0 Å². The van der Waals surface area contributed by atoms with Crippen LogP contribution in [-0.2, 0) is 0 Å².